The van der Waals surface area contributed by atoms with E-state index < -0.39 is 0 Å². The van der Waals surface area contributed by atoms with Crippen molar-refractivity contribution in [1.29, 1.82) is 0 Å². The van der Waals surface area contributed by atoms with Crippen LogP contribution in [0, 0.1) is 0 Å². The van der Waals surface area contributed by atoms with Crippen LogP contribution in [0.5, 0.6) is 5.75 Å². The summed E-state index contributed by atoms with van der Waals surface area (Å²) in [5.41, 5.74) is 0. The van der Waals surface area contributed by atoms with Crippen molar-refractivity contribution in [3.63, 3.8) is 0 Å². The van der Waals surface area contributed by atoms with E-state index in [0.29, 0.717) is 6.61 Å². The number of halogens is 1. The molecule has 1 heterocycles. The van der Waals surface area contributed by atoms with Gasteiger partial charge in [0.05, 0.1) is 11.1 Å². The van der Waals surface area contributed by atoms with Gasteiger partial charge in [0.1, 0.15) is 7.11 Å². The Morgan fingerprint density at radius 3 is 2.83 bits per heavy atom. The minimum atomic E-state index is 0.653. The molecule has 0 radical (unpaired) electrons. The summed E-state index contributed by atoms with van der Waals surface area (Å²) in [5.74, 6) is 0.786. The molecule has 0 bridgehead atoms. The van der Waals surface area contributed by atoms with Crippen molar-refractivity contribution in [2.75, 3.05) is 13.7 Å². The molecule has 0 fully saturated rings. The molecule has 0 unspecified atom stereocenters. The molecule has 0 amide bonds. The Morgan fingerprint density at radius 2 is 2.25 bits per heavy atom. The third-order valence-corrected chi connectivity index (χ3v) is 1.74. The van der Waals surface area contributed by atoms with Gasteiger partial charge in [-0.05, 0) is 22.9 Å². The van der Waals surface area contributed by atoms with Gasteiger partial charge in [0.15, 0.2) is 5.75 Å². The first-order chi connectivity index (χ1) is 5.76. The van der Waals surface area contributed by atoms with Crippen LogP contribution >= 0.6 is 15.9 Å². The number of pyridine rings is 1. The average Bonchev–Trinajstić information content (AvgIpc) is 2.04. The summed E-state index contributed by atoms with van der Waals surface area (Å²) in [6.45, 7) is 2.60. The molecule has 0 spiro atoms. The summed E-state index contributed by atoms with van der Waals surface area (Å²) in [4.78, 5) is 4.99. The van der Waals surface area contributed by atoms with Gasteiger partial charge in [0, 0.05) is 10.8 Å². The van der Waals surface area contributed by atoms with Crippen molar-refractivity contribution < 1.29 is 14.3 Å². The van der Waals surface area contributed by atoms with Gasteiger partial charge in [0.2, 0.25) is 6.20 Å². The van der Waals surface area contributed by atoms with E-state index in [1.807, 2.05) is 19.2 Å². The highest BCUT2D eigenvalue weighted by atomic mass is 79.9. The van der Waals surface area contributed by atoms with Crippen LogP contribution in [-0.4, -0.2) is 13.7 Å². The Balaban J connectivity index is 2.90. The predicted molar refractivity (Wildman–Crippen MR) is 48.0 cm³/mol. The first kappa shape index (κ1) is 9.32. The minimum absolute atomic E-state index is 0.653. The molecule has 0 aliphatic carbocycles. The zero-order valence-corrected chi connectivity index (χ0v) is 8.67. The van der Waals surface area contributed by atoms with Crippen LogP contribution in [0.1, 0.15) is 6.92 Å². The zero-order valence-electron chi connectivity index (χ0n) is 7.08. The van der Waals surface area contributed by atoms with Gasteiger partial charge in [-0.25, -0.2) is 0 Å². The second kappa shape index (κ2) is 4.30. The van der Waals surface area contributed by atoms with Gasteiger partial charge in [0.25, 0.3) is 6.20 Å². The highest BCUT2D eigenvalue weighted by molar-refractivity contribution is 9.10. The lowest BCUT2D eigenvalue weighted by molar-refractivity contribution is -0.886. The Hall–Kier alpha value is -0.770. The zero-order chi connectivity index (χ0) is 8.97. The molecule has 0 aromatic carbocycles. The van der Waals surface area contributed by atoms with Crippen LogP contribution < -0.4 is 14.3 Å². The van der Waals surface area contributed by atoms with Crippen molar-refractivity contribution in [2.45, 2.75) is 6.92 Å². The molecule has 1 aromatic heterocycles. The lowest BCUT2D eigenvalue weighted by Gasteiger charge is -2.00. The Kier molecular flexibility index (Phi) is 3.34. The van der Waals surface area contributed by atoms with Crippen LogP contribution in [0.3, 0.4) is 0 Å². The van der Waals surface area contributed by atoms with Crippen LogP contribution in [0.15, 0.2) is 22.9 Å². The summed E-state index contributed by atoms with van der Waals surface area (Å²) in [5, 5.41) is 0. The van der Waals surface area contributed by atoms with E-state index >= 15 is 0 Å². The minimum Gasteiger partial charge on any atom is -0.488 e. The molecule has 0 atom stereocenters. The van der Waals surface area contributed by atoms with Gasteiger partial charge >= 0.3 is 0 Å². The number of aromatic nitrogens is 1. The summed E-state index contributed by atoms with van der Waals surface area (Å²) in [7, 11) is 1.60. The maximum Gasteiger partial charge on any atom is 0.264 e. The third-order valence-electron chi connectivity index (χ3n) is 1.31. The second-order valence-corrected chi connectivity index (χ2v) is 3.08. The third kappa shape index (κ3) is 2.37. The van der Waals surface area contributed by atoms with E-state index in [9.17, 15) is 0 Å². The van der Waals surface area contributed by atoms with Gasteiger partial charge < -0.3 is 4.74 Å². The quantitative estimate of drug-likeness (QED) is 0.732. The molecule has 0 aliphatic heterocycles. The van der Waals surface area contributed by atoms with Crippen molar-refractivity contribution in [3.8, 4) is 5.75 Å². The summed E-state index contributed by atoms with van der Waals surface area (Å²) in [6, 6.07) is 1.89. The molecule has 1 aromatic rings. The standard InChI is InChI=1S/C8H11BrNO2/c1-3-12-8-4-7(9)5-10(6-8)11-2/h4-6H,3H2,1-2H3/q+1. The Morgan fingerprint density at radius 1 is 1.50 bits per heavy atom. The van der Waals surface area contributed by atoms with Crippen LogP contribution in [-0.2, 0) is 0 Å². The maximum absolute atomic E-state index is 5.30. The molecule has 12 heavy (non-hydrogen) atoms. The van der Waals surface area contributed by atoms with Gasteiger partial charge in [-0.1, -0.05) is 0 Å². The van der Waals surface area contributed by atoms with Crippen molar-refractivity contribution >= 4 is 15.9 Å². The number of hydrogen-bond acceptors (Lipinski definition) is 2. The Labute approximate surface area is 80.0 Å². The SMILES string of the molecule is CCOc1cc(Br)c[n+](OC)c1. The monoisotopic (exact) mass is 232 g/mol. The van der Waals surface area contributed by atoms with E-state index in [-0.39, 0.29) is 0 Å². The molecular weight excluding hydrogens is 222 g/mol. The molecule has 0 saturated heterocycles. The van der Waals surface area contributed by atoms with E-state index in [1.54, 1.807) is 18.0 Å². The number of ether oxygens (including phenoxy) is 1. The molecule has 0 saturated carbocycles. The van der Waals surface area contributed by atoms with Gasteiger partial charge in [-0.2, -0.15) is 0 Å². The summed E-state index contributed by atoms with van der Waals surface area (Å²) in [6.07, 6.45) is 3.58. The molecule has 66 valence electrons. The topological polar surface area (TPSA) is 22.3 Å². The van der Waals surface area contributed by atoms with Crippen LogP contribution in [0.2, 0.25) is 0 Å². The lowest BCUT2D eigenvalue weighted by Crippen LogP contribution is -2.39. The Bertz CT molecular complexity index is 265. The van der Waals surface area contributed by atoms with Crippen molar-refractivity contribution in [2.24, 2.45) is 0 Å². The lowest BCUT2D eigenvalue weighted by atomic mass is 10.5. The fourth-order valence-corrected chi connectivity index (χ4v) is 1.27. The summed E-state index contributed by atoms with van der Waals surface area (Å²) < 4.78 is 7.80. The first-order valence-electron chi connectivity index (χ1n) is 3.65. The molecule has 0 aliphatic rings. The average molecular weight is 233 g/mol. The highest BCUT2D eigenvalue weighted by Crippen LogP contribution is 2.14. The summed E-state index contributed by atoms with van der Waals surface area (Å²) >= 11 is 3.34. The van der Waals surface area contributed by atoms with E-state index in [1.165, 1.54) is 0 Å². The fourth-order valence-electron chi connectivity index (χ4n) is 0.846. The largest absolute Gasteiger partial charge is 0.488 e. The van der Waals surface area contributed by atoms with E-state index in [2.05, 4.69) is 15.9 Å². The van der Waals surface area contributed by atoms with Crippen molar-refractivity contribution in [3.05, 3.63) is 22.9 Å². The molecule has 4 heteroatoms. The fraction of sp³-hybridized carbons (Fsp3) is 0.375. The number of hydrogen-bond donors (Lipinski definition) is 0. The van der Waals surface area contributed by atoms with Crippen LogP contribution in [0.25, 0.3) is 0 Å². The predicted octanol–water partition coefficient (Wildman–Crippen LogP) is 1.19. The molecular formula is C8H11BrNO2+. The molecule has 0 N–H and O–H groups in total. The van der Waals surface area contributed by atoms with Crippen molar-refractivity contribution in [1.82, 2.24) is 0 Å². The molecule has 1 rings (SSSR count). The first-order valence-corrected chi connectivity index (χ1v) is 4.44. The highest BCUT2D eigenvalue weighted by Gasteiger charge is 2.06. The normalized spacial score (nSPS) is 9.58. The molecule has 3 nitrogen and oxygen atoms in total. The maximum atomic E-state index is 5.30. The smallest absolute Gasteiger partial charge is 0.264 e. The van der Waals surface area contributed by atoms with E-state index in [4.69, 9.17) is 9.57 Å². The number of rotatable bonds is 3. The number of nitrogens with zero attached hydrogens (tertiary/aromatic N) is 1. The van der Waals surface area contributed by atoms with Crippen LogP contribution in [0.4, 0.5) is 0 Å². The van der Waals surface area contributed by atoms with Gasteiger partial charge in [-0.15, -0.1) is 0 Å². The van der Waals surface area contributed by atoms with E-state index in [0.717, 1.165) is 10.2 Å². The van der Waals surface area contributed by atoms with Gasteiger partial charge in [-0.3, -0.25) is 4.84 Å². The second-order valence-electron chi connectivity index (χ2n) is 2.17.